The van der Waals surface area contributed by atoms with Crippen LogP contribution in [0.4, 0.5) is 5.95 Å². The van der Waals surface area contributed by atoms with E-state index in [1.807, 2.05) is 30.7 Å². The van der Waals surface area contributed by atoms with Crippen LogP contribution in [-0.4, -0.2) is 56.2 Å². The van der Waals surface area contributed by atoms with Crippen molar-refractivity contribution in [2.24, 2.45) is 0 Å². The van der Waals surface area contributed by atoms with Crippen LogP contribution >= 0.6 is 11.8 Å². The third-order valence-corrected chi connectivity index (χ3v) is 4.97. The second-order valence-electron chi connectivity index (χ2n) is 6.19. The van der Waals surface area contributed by atoms with E-state index in [-0.39, 0.29) is 11.9 Å². The Morgan fingerprint density at radius 2 is 2.15 bits per heavy atom. The number of nitrogens with one attached hydrogen (secondary N) is 2. The Morgan fingerprint density at radius 1 is 1.30 bits per heavy atom. The van der Waals surface area contributed by atoms with Crippen molar-refractivity contribution < 1.29 is 4.79 Å². The number of aromatic amines is 1. The molecular weight excluding hydrogens is 362 g/mol. The summed E-state index contributed by atoms with van der Waals surface area (Å²) in [5.41, 5.74) is 2.27. The molecule has 0 spiro atoms. The number of hydrogen-bond donors (Lipinski definition) is 2. The van der Waals surface area contributed by atoms with E-state index in [4.69, 9.17) is 0 Å². The highest BCUT2D eigenvalue weighted by molar-refractivity contribution is 7.98. The monoisotopic (exact) mass is 381 g/mol. The molecule has 3 aromatic heterocycles. The average Bonchev–Trinajstić information content (AvgIpc) is 3.40. The maximum Gasteiger partial charge on any atom is 0.254 e. The highest BCUT2D eigenvalue weighted by atomic mass is 32.2. The summed E-state index contributed by atoms with van der Waals surface area (Å²) in [6.07, 6.45) is 9.48. The molecule has 27 heavy (non-hydrogen) atoms. The first-order valence-corrected chi connectivity index (χ1v) is 9.84. The second-order valence-corrected chi connectivity index (χ2v) is 6.96. The second kappa shape index (κ2) is 7.75. The number of amides is 1. The molecule has 1 aliphatic heterocycles. The van der Waals surface area contributed by atoms with E-state index in [0.717, 1.165) is 24.4 Å². The summed E-state index contributed by atoms with van der Waals surface area (Å²) in [7, 11) is 0. The highest BCUT2D eigenvalue weighted by Crippen LogP contribution is 2.20. The Labute approximate surface area is 160 Å². The van der Waals surface area contributed by atoms with Gasteiger partial charge in [-0.1, -0.05) is 11.8 Å². The molecule has 8 nitrogen and oxygen atoms in total. The van der Waals surface area contributed by atoms with E-state index in [1.54, 1.807) is 18.6 Å². The molecule has 1 unspecified atom stereocenters. The number of nitrogens with zero attached hydrogens (tertiary/aromatic N) is 5. The number of carbonyl (C=O) groups excluding carboxylic acids is 1. The molecule has 1 saturated heterocycles. The molecule has 2 N–H and O–H groups in total. The summed E-state index contributed by atoms with van der Waals surface area (Å²) < 4.78 is 0. The van der Waals surface area contributed by atoms with Crippen LogP contribution in [0.15, 0.2) is 48.1 Å². The zero-order valence-electron chi connectivity index (χ0n) is 14.8. The Hall–Kier alpha value is -2.94. The van der Waals surface area contributed by atoms with Gasteiger partial charge in [-0.3, -0.25) is 4.79 Å². The first-order chi connectivity index (χ1) is 13.2. The van der Waals surface area contributed by atoms with Gasteiger partial charge in [-0.05, 0) is 30.9 Å². The molecule has 0 radical (unpaired) electrons. The van der Waals surface area contributed by atoms with Crippen LogP contribution in [0, 0.1) is 0 Å². The van der Waals surface area contributed by atoms with Crippen LogP contribution in [0.1, 0.15) is 16.8 Å². The van der Waals surface area contributed by atoms with E-state index in [0.29, 0.717) is 23.2 Å². The summed E-state index contributed by atoms with van der Waals surface area (Å²) in [6, 6.07) is 5.83. The van der Waals surface area contributed by atoms with Crippen molar-refractivity contribution in [2.75, 3.05) is 24.2 Å². The summed E-state index contributed by atoms with van der Waals surface area (Å²) in [4.78, 5) is 35.0. The fourth-order valence-electron chi connectivity index (χ4n) is 3.01. The minimum absolute atomic E-state index is 0.0375. The Morgan fingerprint density at radius 3 is 2.89 bits per heavy atom. The number of H-pyrrole nitrogens is 1. The van der Waals surface area contributed by atoms with E-state index in [9.17, 15) is 4.79 Å². The smallest absolute Gasteiger partial charge is 0.254 e. The molecule has 3 aromatic rings. The van der Waals surface area contributed by atoms with Crippen LogP contribution in [0.2, 0.25) is 0 Å². The van der Waals surface area contributed by atoms with Crippen LogP contribution in [0.3, 0.4) is 0 Å². The van der Waals surface area contributed by atoms with Crippen molar-refractivity contribution in [3.63, 3.8) is 0 Å². The molecule has 0 aromatic carbocycles. The van der Waals surface area contributed by atoms with Crippen LogP contribution < -0.4 is 10.2 Å². The number of carbonyl (C=O) groups is 1. The Kier molecular flexibility index (Phi) is 5.01. The van der Waals surface area contributed by atoms with E-state index < -0.39 is 0 Å². The number of thioether (sulfide) groups is 1. The van der Waals surface area contributed by atoms with Gasteiger partial charge in [-0.2, -0.15) is 0 Å². The zero-order chi connectivity index (χ0) is 18.6. The lowest BCUT2D eigenvalue weighted by molar-refractivity contribution is 0.0939. The first-order valence-electron chi connectivity index (χ1n) is 8.61. The molecular formula is C18H19N7OS. The van der Waals surface area contributed by atoms with Gasteiger partial charge in [0.05, 0.1) is 17.0 Å². The molecule has 0 aliphatic carbocycles. The Balaban J connectivity index is 1.40. The van der Waals surface area contributed by atoms with Crippen molar-refractivity contribution in [1.82, 2.24) is 30.2 Å². The van der Waals surface area contributed by atoms with Crippen molar-refractivity contribution >= 4 is 23.6 Å². The van der Waals surface area contributed by atoms with Crippen molar-refractivity contribution in [2.45, 2.75) is 17.6 Å². The van der Waals surface area contributed by atoms with E-state index >= 15 is 0 Å². The SMILES string of the molecule is CSc1ncc(C(=O)NC2CCN(c3nccc(-c4ccc[nH]4)n3)C2)cn1. The standard InChI is InChI=1S/C18H19N7OS/c1-27-18-21-9-12(10-22-18)16(26)23-13-5-8-25(11-13)17-20-7-4-15(24-17)14-3-2-6-19-14/h2-4,6-7,9-10,13,19H,5,8,11H2,1H3,(H,23,26). The fourth-order valence-corrected chi connectivity index (χ4v) is 3.32. The minimum atomic E-state index is -0.157. The first kappa shape index (κ1) is 17.5. The number of anilines is 1. The maximum absolute atomic E-state index is 12.4. The summed E-state index contributed by atoms with van der Waals surface area (Å²) in [5.74, 6) is 0.516. The average molecular weight is 381 g/mol. The van der Waals surface area contributed by atoms with Gasteiger partial charge in [0.15, 0.2) is 5.16 Å². The Bertz CT molecular complexity index is 914. The van der Waals surface area contributed by atoms with E-state index in [1.165, 1.54) is 11.8 Å². The topological polar surface area (TPSA) is 99.7 Å². The van der Waals surface area contributed by atoms with Gasteiger partial charge in [0.1, 0.15) is 0 Å². The fraction of sp³-hybridized carbons (Fsp3) is 0.278. The molecule has 0 bridgehead atoms. The maximum atomic E-state index is 12.4. The van der Waals surface area contributed by atoms with Crippen molar-refractivity contribution in [1.29, 1.82) is 0 Å². The van der Waals surface area contributed by atoms with Crippen molar-refractivity contribution in [3.8, 4) is 11.4 Å². The summed E-state index contributed by atoms with van der Waals surface area (Å²) in [6.45, 7) is 1.46. The summed E-state index contributed by atoms with van der Waals surface area (Å²) >= 11 is 1.44. The molecule has 4 heterocycles. The molecule has 1 fully saturated rings. The number of rotatable bonds is 5. The van der Waals surface area contributed by atoms with Gasteiger partial charge in [0.2, 0.25) is 5.95 Å². The predicted octanol–water partition coefficient (Wildman–Crippen LogP) is 1.99. The third kappa shape index (κ3) is 3.92. The summed E-state index contributed by atoms with van der Waals surface area (Å²) in [5, 5.41) is 3.70. The quantitative estimate of drug-likeness (QED) is 0.515. The van der Waals surface area contributed by atoms with Gasteiger partial charge < -0.3 is 15.2 Å². The van der Waals surface area contributed by atoms with Gasteiger partial charge in [-0.25, -0.2) is 19.9 Å². The van der Waals surface area contributed by atoms with Crippen LogP contribution in [0.25, 0.3) is 11.4 Å². The molecule has 138 valence electrons. The third-order valence-electron chi connectivity index (χ3n) is 4.40. The molecule has 9 heteroatoms. The molecule has 4 rings (SSSR count). The molecule has 0 saturated carbocycles. The van der Waals surface area contributed by atoms with Crippen LogP contribution in [0.5, 0.6) is 0 Å². The van der Waals surface area contributed by atoms with Gasteiger partial charge in [0.25, 0.3) is 5.91 Å². The lowest BCUT2D eigenvalue weighted by Crippen LogP contribution is -2.37. The van der Waals surface area contributed by atoms with Gasteiger partial charge in [0, 0.05) is 43.9 Å². The predicted molar refractivity (Wildman–Crippen MR) is 104 cm³/mol. The molecule has 1 aliphatic rings. The normalized spacial score (nSPS) is 16.5. The van der Waals surface area contributed by atoms with Gasteiger partial charge >= 0.3 is 0 Å². The largest absolute Gasteiger partial charge is 0.360 e. The van der Waals surface area contributed by atoms with E-state index in [2.05, 4.69) is 35.1 Å². The minimum Gasteiger partial charge on any atom is -0.360 e. The number of hydrogen-bond acceptors (Lipinski definition) is 7. The zero-order valence-corrected chi connectivity index (χ0v) is 15.6. The highest BCUT2D eigenvalue weighted by Gasteiger charge is 2.26. The van der Waals surface area contributed by atoms with Crippen LogP contribution in [-0.2, 0) is 0 Å². The number of aromatic nitrogens is 5. The lowest BCUT2D eigenvalue weighted by Gasteiger charge is -2.17. The van der Waals surface area contributed by atoms with Crippen molar-refractivity contribution in [3.05, 3.63) is 48.5 Å². The lowest BCUT2D eigenvalue weighted by atomic mass is 10.2. The molecule has 1 amide bonds. The molecule has 1 atom stereocenters. The van der Waals surface area contributed by atoms with Gasteiger partial charge in [-0.15, -0.1) is 0 Å².